The van der Waals surface area contributed by atoms with E-state index in [1.165, 1.54) is 66.9 Å². The third kappa shape index (κ3) is 2.26. The molecule has 1 heteroatoms. The first-order chi connectivity index (χ1) is 13.5. The molecule has 0 bridgehead atoms. The van der Waals surface area contributed by atoms with Crippen LogP contribution in [-0.4, -0.2) is 4.98 Å². The number of hydrogen-bond donors (Lipinski definition) is 1. The SMILES string of the molecule is Cc1cc2c(c(C)c1C1C=CC=C1)-c1c(C)c(C)c(C)c(-c3ccc[nH]3)c1C2. The van der Waals surface area contributed by atoms with Gasteiger partial charge in [-0.1, -0.05) is 30.4 Å². The second kappa shape index (κ2) is 6.10. The average molecular weight is 366 g/mol. The molecule has 0 spiro atoms. The van der Waals surface area contributed by atoms with Crippen LogP contribution in [0.15, 0.2) is 48.7 Å². The van der Waals surface area contributed by atoms with Crippen molar-refractivity contribution in [3.05, 3.63) is 93.2 Å². The number of hydrogen-bond acceptors (Lipinski definition) is 0. The summed E-state index contributed by atoms with van der Waals surface area (Å²) in [5.41, 5.74) is 17.2. The van der Waals surface area contributed by atoms with Crippen LogP contribution < -0.4 is 0 Å². The van der Waals surface area contributed by atoms with Crippen LogP contribution in [-0.2, 0) is 6.42 Å². The van der Waals surface area contributed by atoms with Gasteiger partial charge in [-0.2, -0.15) is 0 Å². The molecule has 1 nitrogen and oxygen atoms in total. The summed E-state index contributed by atoms with van der Waals surface area (Å²) in [5.74, 6) is 0.407. The van der Waals surface area contributed by atoms with Crippen molar-refractivity contribution in [3.63, 3.8) is 0 Å². The zero-order chi connectivity index (χ0) is 19.6. The Balaban J connectivity index is 1.84. The molecule has 0 saturated carbocycles. The molecule has 0 saturated heterocycles. The molecule has 140 valence electrons. The van der Waals surface area contributed by atoms with Gasteiger partial charge < -0.3 is 4.98 Å². The van der Waals surface area contributed by atoms with Crippen molar-refractivity contribution in [1.29, 1.82) is 0 Å². The normalized spacial score (nSPS) is 14.8. The molecule has 3 aromatic rings. The number of benzene rings is 2. The first kappa shape index (κ1) is 17.3. The second-order valence-corrected chi connectivity index (χ2v) is 8.43. The lowest BCUT2D eigenvalue weighted by Gasteiger charge is -2.21. The molecule has 0 radical (unpaired) electrons. The van der Waals surface area contributed by atoms with Gasteiger partial charge in [0.2, 0.25) is 0 Å². The third-order valence-electron chi connectivity index (χ3n) is 6.96. The summed E-state index contributed by atoms with van der Waals surface area (Å²) >= 11 is 0. The highest BCUT2D eigenvalue weighted by Crippen LogP contribution is 2.49. The van der Waals surface area contributed by atoms with Crippen LogP contribution in [0.3, 0.4) is 0 Å². The summed E-state index contributed by atoms with van der Waals surface area (Å²) in [6.45, 7) is 11.5. The lowest BCUT2D eigenvalue weighted by molar-refractivity contribution is 1.04. The van der Waals surface area contributed by atoms with Gasteiger partial charge in [0.05, 0.1) is 0 Å². The van der Waals surface area contributed by atoms with E-state index in [1.54, 1.807) is 0 Å². The number of rotatable bonds is 2. The Morgan fingerprint density at radius 3 is 2.21 bits per heavy atom. The van der Waals surface area contributed by atoms with Crippen molar-refractivity contribution in [2.45, 2.75) is 47.0 Å². The van der Waals surface area contributed by atoms with Crippen LogP contribution in [0.5, 0.6) is 0 Å². The zero-order valence-corrected chi connectivity index (χ0v) is 17.4. The number of aromatic nitrogens is 1. The quantitative estimate of drug-likeness (QED) is 0.393. The van der Waals surface area contributed by atoms with E-state index >= 15 is 0 Å². The van der Waals surface area contributed by atoms with Crippen molar-refractivity contribution in [3.8, 4) is 22.4 Å². The maximum atomic E-state index is 3.46. The molecule has 0 fully saturated rings. The van der Waals surface area contributed by atoms with E-state index in [0.717, 1.165) is 6.42 Å². The molecule has 2 aliphatic rings. The Morgan fingerprint density at radius 2 is 1.54 bits per heavy atom. The van der Waals surface area contributed by atoms with Gasteiger partial charge in [0, 0.05) is 23.4 Å². The molecule has 2 aromatic carbocycles. The number of nitrogens with one attached hydrogen (secondary N) is 1. The first-order valence-corrected chi connectivity index (χ1v) is 10.2. The van der Waals surface area contributed by atoms with Crippen LogP contribution in [0, 0.1) is 34.6 Å². The minimum absolute atomic E-state index is 0.407. The van der Waals surface area contributed by atoms with Gasteiger partial charge in [-0.05, 0) is 109 Å². The highest BCUT2D eigenvalue weighted by atomic mass is 14.7. The third-order valence-corrected chi connectivity index (χ3v) is 6.96. The number of aryl methyl sites for hydroxylation is 1. The molecule has 1 aromatic heterocycles. The van der Waals surface area contributed by atoms with Gasteiger partial charge >= 0.3 is 0 Å². The van der Waals surface area contributed by atoms with Crippen molar-refractivity contribution in [2.75, 3.05) is 0 Å². The Morgan fingerprint density at radius 1 is 0.821 bits per heavy atom. The Labute approximate surface area is 167 Å². The van der Waals surface area contributed by atoms with Gasteiger partial charge in [-0.15, -0.1) is 0 Å². The van der Waals surface area contributed by atoms with Crippen molar-refractivity contribution >= 4 is 0 Å². The number of aromatic amines is 1. The predicted octanol–water partition coefficient (Wildman–Crippen LogP) is 7.00. The topological polar surface area (TPSA) is 15.8 Å². The number of H-pyrrole nitrogens is 1. The number of fused-ring (bicyclic) bond motifs is 3. The fraction of sp³-hybridized carbons (Fsp3) is 0.259. The van der Waals surface area contributed by atoms with Crippen LogP contribution in [0.25, 0.3) is 22.4 Å². The minimum atomic E-state index is 0.407. The first-order valence-electron chi connectivity index (χ1n) is 10.2. The monoisotopic (exact) mass is 365 g/mol. The molecule has 0 aliphatic heterocycles. The molecular formula is C27H27N. The van der Waals surface area contributed by atoms with Gasteiger partial charge in [0.1, 0.15) is 0 Å². The standard InChI is InChI=1S/C27H27N/c1-15-13-21-14-22-26(23-11-8-12-28-23)17(3)16(2)18(4)27(22)25(21)19(5)24(15)20-9-6-7-10-20/h6-13,20,28H,14H2,1-5H3. The summed E-state index contributed by atoms with van der Waals surface area (Å²) < 4.78 is 0. The van der Waals surface area contributed by atoms with Crippen molar-refractivity contribution in [1.82, 2.24) is 4.98 Å². The smallest absolute Gasteiger partial charge is 0.0459 e. The highest BCUT2D eigenvalue weighted by molar-refractivity contribution is 5.91. The molecule has 5 rings (SSSR count). The Bertz CT molecular complexity index is 1160. The lowest BCUT2D eigenvalue weighted by atomic mass is 9.83. The van der Waals surface area contributed by atoms with E-state index in [4.69, 9.17) is 0 Å². The van der Waals surface area contributed by atoms with E-state index in [-0.39, 0.29) is 0 Å². The predicted molar refractivity (Wildman–Crippen MR) is 119 cm³/mol. The largest absolute Gasteiger partial charge is 0.361 e. The second-order valence-electron chi connectivity index (χ2n) is 8.43. The zero-order valence-electron chi connectivity index (χ0n) is 17.4. The van der Waals surface area contributed by atoms with E-state index in [9.17, 15) is 0 Å². The fourth-order valence-electron chi connectivity index (χ4n) is 5.50. The summed E-state index contributed by atoms with van der Waals surface area (Å²) in [5, 5.41) is 0. The van der Waals surface area contributed by atoms with E-state index in [0.29, 0.717) is 5.92 Å². The van der Waals surface area contributed by atoms with Gasteiger partial charge in [-0.3, -0.25) is 0 Å². The molecule has 0 amide bonds. The maximum absolute atomic E-state index is 3.46. The minimum Gasteiger partial charge on any atom is -0.361 e. The van der Waals surface area contributed by atoms with E-state index < -0.39 is 0 Å². The summed E-state index contributed by atoms with van der Waals surface area (Å²) in [6, 6.07) is 6.75. The van der Waals surface area contributed by atoms with Crippen LogP contribution in [0.4, 0.5) is 0 Å². The van der Waals surface area contributed by atoms with E-state index in [1.807, 2.05) is 6.20 Å². The Hall–Kier alpha value is -2.80. The van der Waals surface area contributed by atoms with Gasteiger partial charge in [0.15, 0.2) is 0 Å². The van der Waals surface area contributed by atoms with Crippen molar-refractivity contribution in [2.24, 2.45) is 0 Å². The maximum Gasteiger partial charge on any atom is 0.0459 e. The van der Waals surface area contributed by atoms with Crippen molar-refractivity contribution < 1.29 is 0 Å². The molecular weight excluding hydrogens is 338 g/mol. The highest BCUT2D eigenvalue weighted by Gasteiger charge is 2.30. The summed E-state index contributed by atoms with van der Waals surface area (Å²) in [4.78, 5) is 3.46. The van der Waals surface area contributed by atoms with E-state index in [2.05, 4.69) is 82.1 Å². The van der Waals surface area contributed by atoms with Crippen LogP contribution in [0.2, 0.25) is 0 Å². The molecule has 28 heavy (non-hydrogen) atoms. The molecule has 1 heterocycles. The summed E-state index contributed by atoms with van der Waals surface area (Å²) in [7, 11) is 0. The number of allylic oxidation sites excluding steroid dienone is 4. The summed E-state index contributed by atoms with van der Waals surface area (Å²) in [6.07, 6.45) is 12.0. The molecule has 0 unspecified atom stereocenters. The Kier molecular flexibility index (Phi) is 3.77. The molecule has 0 atom stereocenters. The molecule has 1 N–H and O–H groups in total. The average Bonchev–Trinajstić information content (AvgIpc) is 3.40. The van der Waals surface area contributed by atoms with Gasteiger partial charge in [-0.25, -0.2) is 0 Å². The molecule has 2 aliphatic carbocycles. The van der Waals surface area contributed by atoms with Crippen LogP contribution >= 0.6 is 0 Å². The van der Waals surface area contributed by atoms with Gasteiger partial charge in [0.25, 0.3) is 0 Å². The van der Waals surface area contributed by atoms with Crippen LogP contribution in [0.1, 0.15) is 50.4 Å². The fourth-order valence-corrected chi connectivity index (χ4v) is 5.50. The lowest BCUT2D eigenvalue weighted by Crippen LogP contribution is -2.02.